The Morgan fingerprint density at radius 1 is 1.37 bits per heavy atom. The van der Waals surface area contributed by atoms with E-state index in [1.54, 1.807) is 19.1 Å². The van der Waals surface area contributed by atoms with Crippen LogP contribution in [0.1, 0.15) is 18.4 Å². The third-order valence-electron chi connectivity index (χ3n) is 3.40. The Hall–Kier alpha value is -1.09. The fraction of sp³-hybridized carbons (Fsp3) is 0.462. The maximum absolute atomic E-state index is 12.4. The summed E-state index contributed by atoms with van der Waals surface area (Å²) in [6.45, 7) is 2.59. The van der Waals surface area contributed by atoms with Crippen molar-refractivity contribution in [2.24, 2.45) is 5.92 Å². The first-order chi connectivity index (χ1) is 8.95. The standard InChI is InChI=1S/C13H15ClN2O2S/c1-10-8-12(2-3-13(10)14)19(17,18)16-6-4-11(9-15)5-7-16/h2-3,8,11H,4-7H2,1H3. The first-order valence-corrected chi connectivity index (χ1v) is 7.93. The van der Waals surface area contributed by atoms with Crippen molar-refractivity contribution in [3.8, 4) is 6.07 Å². The molecule has 0 aliphatic carbocycles. The van der Waals surface area contributed by atoms with Crippen LogP contribution in [-0.4, -0.2) is 25.8 Å². The Balaban J connectivity index is 2.23. The summed E-state index contributed by atoms with van der Waals surface area (Å²) in [5.74, 6) is -0.0293. The quantitative estimate of drug-likeness (QED) is 0.843. The second-order valence-corrected chi connectivity index (χ2v) is 7.06. The highest BCUT2D eigenvalue weighted by atomic mass is 35.5. The van der Waals surface area contributed by atoms with Crippen LogP contribution >= 0.6 is 11.6 Å². The van der Waals surface area contributed by atoms with Gasteiger partial charge in [0.1, 0.15) is 0 Å². The predicted octanol–water partition coefficient (Wildman–Crippen LogP) is 2.57. The molecule has 2 rings (SSSR count). The van der Waals surface area contributed by atoms with Gasteiger partial charge in [0, 0.05) is 24.0 Å². The third-order valence-corrected chi connectivity index (χ3v) is 5.72. The van der Waals surface area contributed by atoms with Gasteiger partial charge in [-0.15, -0.1) is 0 Å². The summed E-state index contributed by atoms with van der Waals surface area (Å²) in [4.78, 5) is 0.268. The van der Waals surface area contributed by atoms with Crippen molar-refractivity contribution < 1.29 is 8.42 Å². The first-order valence-electron chi connectivity index (χ1n) is 6.11. The molecule has 0 atom stereocenters. The molecule has 0 unspecified atom stereocenters. The molecule has 1 fully saturated rings. The molecular formula is C13H15ClN2O2S. The fourth-order valence-corrected chi connectivity index (χ4v) is 3.82. The lowest BCUT2D eigenvalue weighted by Crippen LogP contribution is -2.38. The zero-order chi connectivity index (χ0) is 14.0. The van der Waals surface area contributed by atoms with E-state index < -0.39 is 10.0 Å². The molecule has 0 saturated carbocycles. The Kier molecular flexibility index (Phi) is 4.14. The van der Waals surface area contributed by atoms with Crippen molar-refractivity contribution in [2.75, 3.05) is 13.1 Å². The normalized spacial score (nSPS) is 18.2. The van der Waals surface area contributed by atoms with E-state index in [4.69, 9.17) is 16.9 Å². The van der Waals surface area contributed by atoms with Crippen LogP contribution in [-0.2, 0) is 10.0 Å². The molecule has 0 spiro atoms. The number of nitriles is 1. The van der Waals surface area contributed by atoms with Crippen molar-refractivity contribution >= 4 is 21.6 Å². The van der Waals surface area contributed by atoms with Gasteiger partial charge in [-0.25, -0.2) is 8.42 Å². The summed E-state index contributed by atoms with van der Waals surface area (Å²) in [7, 11) is -3.47. The fourth-order valence-electron chi connectivity index (χ4n) is 2.15. The largest absolute Gasteiger partial charge is 0.243 e. The van der Waals surface area contributed by atoms with E-state index in [1.807, 2.05) is 0 Å². The summed E-state index contributed by atoms with van der Waals surface area (Å²) < 4.78 is 26.3. The summed E-state index contributed by atoms with van der Waals surface area (Å²) >= 11 is 5.91. The molecule has 0 radical (unpaired) electrons. The molecule has 0 bridgehead atoms. The van der Waals surface area contributed by atoms with Crippen LogP contribution in [0.15, 0.2) is 23.1 Å². The van der Waals surface area contributed by atoms with Crippen LogP contribution in [0.5, 0.6) is 0 Å². The van der Waals surface area contributed by atoms with Crippen LogP contribution in [0.25, 0.3) is 0 Å². The van der Waals surface area contributed by atoms with Gasteiger partial charge in [0.2, 0.25) is 10.0 Å². The molecule has 19 heavy (non-hydrogen) atoms. The molecule has 0 amide bonds. The SMILES string of the molecule is Cc1cc(S(=O)(=O)N2CCC(C#N)CC2)ccc1Cl. The number of benzene rings is 1. The summed E-state index contributed by atoms with van der Waals surface area (Å²) in [5, 5.41) is 9.39. The van der Waals surface area contributed by atoms with Crippen LogP contribution in [0.4, 0.5) is 0 Å². The molecule has 4 nitrogen and oxygen atoms in total. The van der Waals surface area contributed by atoms with Gasteiger partial charge in [0.15, 0.2) is 0 Å². The maximum atomic E-state index is 12.4. The molecule has 6 heteroatoms. The van der Waals surface area contributed by atoms with Crippen LogP contribution in [0, 0.1) is 24.2 Å². The van der Waals surface area contributed by atoms with E-state index in [1.165, 1.54) is 10.4 Å². The monoisotopic (exact) mass is 298 g/mol. The van der Waals surface area contributed by atoms with E-state index in [9.17, 15) is 8.42 Å². The van der Waals surface area contributed by atoms with Gasteiger partial charge in [-0.05, 0) is 43.5 Å². The minimum Gasteiger partial charge on any atom is -0.207 e. The topological polar surface area (TPSA) is 61.2 Å². The number of piperidine rings is 1. The number of hydrogen-bond acceptors (Lipinski definition) is 3. The van der Waals surface area contributed by atoms with E-state index in [2.05, 4.69) is 6.07 Å². The number of sulfonamides is 1. The van der Waals surface area contributed by atoms with Gasteiger partial charge in [0.05, 0.1) is 11.0 Å². The highest BCUT2D eigenvalue weighted by molar-refractivity contribution is 7.89. The van der Waals surface area contributed by atoms with Crippen LogP contribution < -0.4 is 0 Å². The zero-order valence-corrected chi connectivity index (χ0v) is 12.2. The Labute approximate surface area is 118 Å². The molecule has 1 saturated heterocycles. The lowest BCUT2D eigenvalue weighted by atomic mass is 10.0. The molecule has 1 aromatic carbocycles. The Morgan fingerprint density at radius 2 is 2.00 bits per heavy atom. The van der Waals surface area contributed by atoms with Gasteiger partial charge in [-0.2, -0.15) is 9.57 Å². The van der Waals surface area contributed by atoms with Crippen molar-refractivity contribution in [2.45, 2.75) is 24.7 Å². The average molecular weight is 299 g/mol. The summed E-state index contributed by atoms with van der Waals surface area (Å²) in [5.41, 5.74) is 0.745. The molecule has 1 aliphatic rings. The van der Waals surface area contributed by atoms with E-state index in [-0.39, 0.29) is 10.8 Å². The molecule has 1 aliphatic heterocycles. The second kappa shape index (κ2) is 5.49. The maximum Gasteiger partial charge on any atom is 0.243 e. The van der Waals surface area contributed by atoms with Gasteiger partial charge in [-0.1, -0.05) is 11.6 Å². The summed E-state index contributed by atoms with van der Waals surface area (Å²) in [6, 6.07) is 6.92. The average Bonchev–Trinajstić information content (AvgIpc) is 2.41. The van der Waals surface area contributed by atoms with Gasteiger partial charge >= 0.3 is 0 Å². The lowest BCUT2D eigenvalue weighted by molar-refractivity contribution is 0.310. The first kappa shape index (κ1) is 14.3. The zero-order valence-electron chi connectivity index (χ0n) is 10.6. The number of rotatable bonds is 2. The van der Waals surface area contributed by atoms with Gasteiger partial charge < -0.3 is 0 Å². The molecule has 0 N–H and O–H groups in total. The van der Waals surface area contributed by atoms with Crippen molar-refractivity contribution in [1.29, 1.82) is 5.26 Å². The molecule has 1 aromatic rings. The van der Waals surface area contributed by atoms with E-state index >= 15 is 0 Å². The number of nitrogens with zero attached hydrogens (tertiary/aromatic N) is 2. The molecular weight excluding hydrogens is 284 g/mol. The number of hydrogen-bond donors (Lipinski definition) is 0. The van der Waals surface area contributed by atoms with Crippen LogP contribution in [0.3, 0.4) is 0 Å². The molecule has 1 heterocycles. The van der Waals surface area contributed by atoms with Crippen molar-refractivity contribution in [1.82, 2.24) is 4.31 Å². The Morgan fingerprint density at radius 3 is 2.53 bits per heavy atom. The van der Waals surface area contributed by atoms with E-state index in [0.717, 1.165) is 5.56 Å². The number of halogens is 1. The smallest absolute Gasteiger partial charge is 0.207 e. The highest BCUT2D eigenvalue weighted by Gasteiger charge is 2.29. The van der Waals surface area contributed by atoms with Gasteiger partial charge in [-0.3, -0.25) is 0 Å². The molecule has 102 valence electrons. The van der Waals surface area contributed by atoms with Crippen LogP contribution in [0.2, 0.25) is 5.02 Å². The van der Waals surface area contributed by atoms with Crippen molar-refractivity contribution in [3.05, 3.63) is 28.8 Å². The second-order valence-electron chi connectivity index (χ2n) is 4.72. The third kappa shape index (κ3) is 2.92. The minimum absolute atomic E-state index is 0.0293. The highest BCUT2D eigenvalue weighted by Crippen LogP contribution is 2.25. The van der Waals surface area contributed by atoms with Gasteiger partial charge in [0.25, 0.3) is 0 Å². The Bertz CT molecular complexity index is 614. The predicted molar refractivity (Wildman–Crippen MR) is 73.3 cm³/mol. The lowest BCUT2D eigenvalue weighted by Gasteiger charge is -2.28. The van der Waals surface area contributed by atoms with E-state index in [0.29, 0.717) is 31.0 Å². The minimum atomic E-state index is -3.47. The molecule has 0 aromatic heterocycles. The number of aryl methyl sites for hydroxylation is 1. The van der Waals surface area contributed by atoms with Crippen molar-refractivity contribution in [3.63, 3.8) is 0 Å². The summed E-state index contributed by atoms with van der Waals surface area (Å²) in [6.07, 6.45) is 1.20.